The van der Waals surface area contributed by atoms with Crippen LogP contribution in [0.3, 0.4) is 0 Å². The van der Waals surface area contributed by atoms with Gasteiger partial charge in [-0.25, -0.2) is 0 Å². The van der Waals surface area contributed by atoms with Crippen molar-refractivity contribution >= 4 is 0 Å². The van der Waals surface area contributed by atoms with Crippen LogP contribution in [-0.4, -0.2) is 37.1 Å². The number of hydrogen-bond acceptors (Lipinski definition) is 2. The molecule has 0 aromatic carbocycles. The molecule has 2 nitrogen and oxygen atoms in total. The summed E-state index contributed by atoms with van der Waals surface area (Å²) in [6.45, 7) is 4.88. The standard InChI is InChI=1S/C13H26N2/c1-11-6-3-4-8-13(11)15(2)12-7-5-9-14-10-12/h11-14H,3-10H2,1-2H3. The molecular formula is C13H26N2. The third-order valence-electron chi connectivity index (χ3n) is 4.44. The van der Waals surface area contributed by atoms with Crippen molar-refractivity contribution in [1.29, 1.82) is 0 Å². The number of piperidine rings is 1. The van der Waals surface area contributed by atoms with Crippen LogP contribution in [0.1, 0.15) is 45.4 Å². The van der Waals surface area contributed by atoms with Gasteiger partial charge in [-0.05, 0) is 45.2 Å². The van der Waals surface area contributed by atoms with E-state index in [-0.39, 0.29) is 0 Å². The second-order valence-corrected chi connectivity index (χ2v) is 5.49. The maximum absolute atomic E-state index is 3.53. The van der Waals surface area contributed by atoms with Gasteiger partial charge in [0.2, 0.25) is 0 Å². The fourth-order valence-corrected chi connectivity index (χ4v) is 3.35. The van der Waals surface area contributed by atoms with Gasteiger partial charge in [-0.15, -0.1) is 0 Å². The number of hydrogen-bond donors (Lipinski definition) is 1. The third kappa shape index (κ3) is 2.73. The lowest BCUT2D eigenvalue weighted by molar-refractivity contribution is 0.0833. The third-order valence-corrected chi connectivity index (χ3v) is 4.44. The van der Waals surface area contributed by atoms with E-state index in [2.05, 4.69) is 24.2 Å². The Labute approximate surface area is 94.4 Å². The summed E-state index contributed by atoms with van der Waals surface area (Å²) in [6.07, 6.45) is 8.51. The lowest BCUT2D eigenvalue weighted by Gasteiger charge is -2.42. The first kappa shape index (κ1) is 11.4. The zero-order valence-electron chi connectivity index (χ0n) is 10.3. The molecule has 3 unspecified atom stereocenters. The minimum Gasteiger partial charge on any atom is -0.315 e. The summed E-state index contributed by atoms with van der Waals surface area (Å²) < 4.78 is 0. The summed E-state index contributed by atoms with van der Waals surface area (Å²) in [6, 6.07) is 1.65. The molecule has 2 heteroatoms. The molecule has 1 saturated carbocycles. The Morgan fingerprint density at radius 2 is 1.87 bits per heavy atom. The van der Waals surface area contributed by atoms with Crippen LogP contribution >= 0.6 is 0 Å². The molecule has 1 N–H and O–H groups in total. The zero-order chi connectivity index (χ0) is 10.7. The predicted octanol–water partition coefficient (Wildman–Crippen LogP) is 2.25. The van der Waals surface area contributed by atoms with Gasteiger partial charge >= 0.3 is 0 Å². The van der Waals surface area contributed by atoms with Crippen molar-refractivity contribution in [2.75, 3.05) is 20.1 Å². The van der Waals surface area contributed by atoms with Crippen LogP contribution in [0.15, 0.2) is 0 Å². The lowest BCUT2D eigenvalue weighted by Crippen LogP contribution is -2.51. The van der Waals surface area contributed by atoms with Crippen LogP contribution in [0.5, 0.6) is 0 Å². The number of rotatable bonds is 2. The highest BCUT2D eigenvalue weighted by molar-refractivity contribution is 4.85. The van der Waals surface area contributed by atoms with E-state index in [1.807, 2.05) is 0 Å². The quantitative estimate of drug-likeness (QED) is 0.752. The Hall–Kier alpha value is -0.0800. The molecule has 1 aliphatic carbocycles. The summed E-state index contributed by atoms with van der Waals surface area (Å²) >= 11 is 0. The highest BCUT2D eigenvalue weighted by atomic mass is 15.2. The van der Waals surface area contributed by atoms with Gasteiger partial charge in [-0.3, -0.25) is 4.90 Å². The van der Waals surface area contributed by atoms with Crippen molar-refractivity contribution < 1.29 is 0 Å². The van der Waals surface area contributed by atoms with Crippen LogP contribution in [0.4, 0.5) is 0 Å². The van der Waals surface area contributed by atoms with Crippen molar-refractivity contribution in [3.05, 3.63) is 0 Å². The van der Waals surface area contributed by atoms with E-state index in [0.29, 0.717) is 0 Å². The van der Waals surface area contributed by atoms with E-state index >= 15 is 0 Å². The van der Waals surface area contributed by atoms with Crippen molar-refractivity contribution in [2.45, 2.75) is 57.5 Å². The molecule has 1 aliphatic heterocycles. The zero-order valence-corrected chi connectivity index (χ0v) is 10.3. The van der Waals surface area contributed by atoms with E-state index in [4.69, 9.17) is 0 Å². The SMILES string of the molecule is CC1CCCCC1N(C)C1CCCNC1. The van der Waals surface area contributed by atoms with Crippen molar-refractivity contribution in [3.8, 4) is 0 Å². The maximum Gasteiger partial charge on any atom is 0.0221 e. The highest BCUT2D eigenvalue weighted by Gasteiger charge is 2.29. The summed E-state index contributed by atoms with van der Waals surface area (Å²) in [5, 5.41) is 3.53. The van der Waals surface area contributed by atoms with Crippen molar-refractivity contribution in [2.24, 2.45) is 5.92 Å². The van der Waals surface area contributed by atoms with E-state index < -0.39 is 0 Å². The number of likely N-dealkylation sites (N-methyl/N-ethyl adjacent to an activating group) is 1. The van der Waals surface area contributed by atoms with E-state index in [9.17, 15) is 0 Å². The average Bonchev–Trinajstić information content (AvgIpc) is 2.30. The second kappa shape index (κ2) is 5.31. The minimum absolute atomic E-state index is 0.796. The van der Waals surface area contributed by atoms with Crippen LogP contribution in [0, 0.1) is 5.92 Å². The Balaban J connectivity index is 1.89. The molecule has 1 saturated heterocycles. The number of nitrogens with zero attached hydrogens (tertiary/aromatic N) is 1. The van der Waals surface area contributed by atoms with Gasteiger partial charge in [0, 0.05) is 18.6 Å². The molecule has 2 fully saturated rings. The molecule has 88 valence electrons. The predicted molar refractivity (Wildman–Crippen MR) is 65.1 cm³/mol. The van der Waals surface area contributed by atoms with Gasteiger partial charge in [0.15, 0.2) is 0 Å². The topological polar surface area (TPSA) is 15.3 Å². The minimum atomic E-state index is 0.796. The van der Waals surface area contributed by atoms with Gasteiger partial charge in [0.25, 0.3) is 0 Å². The van der Waals surface area contributed by atoms with E-state index in [0.717, 1.165) is 18.0 Å². The van der Waals surface area contributed by atoms with Crippen LogP contribution < -0.4 is 5.32 Å². The molecule has 15 heavy (non-hydrogen) atoms. The van der Waals surface area contributed by atoms with Crippen molar-refractivity contribution in [3.63, 3.8) is 0 Å². The Kier molecular flexibility index (Phi) is 4.04. The Morgan fingerprint density at radius 3 is 2.53 bits per heavy atom. The molecule has 2 aliphatic rings. The fourth-order valence-electron chi connectivity index (χ4n) is 3.35. The van der Waals surface area contributed by atoms with Gasteiger partial charge in [-0.1, -0.05) is 19.8 Å². The average molecular weight is 210 g/mol. The van der Waals surface area contributed by atoms with E-state index in [1.54, 1.807) is 0 Å². The molecule has 0 bridgehead atoms. The first-order chi connectivity index (χ1) is 7.29. The first-order valence-electron chi connectivity index (χ1n) is 6.71. The summed E-state index contributed by atoms with van der Waals surface area (Å²) in [4.78, 5) is 2.68. The van der Waals surface area contributed by atoms with Crippen LogP contribution in [0.25, 0.3) is 0 Å². The van der Waals surface area contributed by atoms with E-state index in [1.165, 1.54) is 51.6 Å². The number of nitrogens with one attached hydrogen (secondary N) is 1. The molecule has 0 radical (unpaired) electrons. The molecule has 1 heterocycles. The molecule has 0 spiro atoms. The largest absolute Gasteiger partial charge is 0.315 e. The Bertz CT molecular complexity index is 187. The van der Waals surface area contributed by atoms with Crippen LogP contribution in [-0.2, 0) is 0 Å². The monoisotopic (exact) mass is 210 g/mol. The maximum atomic E-state index is 3.53. The van der Waals surface area contributed by atoms with Gasteiger partial charge < -0.3 is 5.32 Å². The summed E-state index contributed by atoms with van der Waals surface area (Å²) in [5.41, 5.74) is 0. The van der Waals surface area contributed by atoms with Crippen molar-refractivity contribution in [1.82, 2.24) is 10.2 Å². The molecule has 0 amide bonds. The summed E-state index contributed by atoms with van der Waals surface area (Å²) in [7, 11) is 2.35. The second-order valence-electron chi connectivity index (χ2n) is 5.49. The fraction of sp³-hybridized carbons (Fsp3) is 1.00. The molecular weight excluding hydrogens is 184 g/mol. The first-order valence-corrected chi connectivity index (χ1v) is 6.71. The van der Waals surface area contributed by atoms with Gasteiger partial charge in [-0.2, -0.15) is 0 Å². The van der Waals surface area contributed by atoms with Gasteiger partial charge in [0.05, 0.1) is 0 Å². The van der Waals surface area contributed by atoms with Gasteiger partial charge in [0.1, 0.15) is 0 Å². The smallest absolute Gasteiger partial charge is 0.0221 e. The highest BCUT2D eigenvalue weighted by Crippen LogP contribution is 2.29. The molecule has 2 rings (SSSR count). The van der Waals surface area contributed by atoms with Crippen LogP contribution in [0.2, 0.25) is 0 Å². The lowest BCUT2D eigenvalue weighted by atomic mass is 9.84. The molecule has 0 aromatic rings. The normalized spacial score (nSPS) is 38.2. The Morgan fingerprint density at radius 1 is 1.07 bits per heavy atom. The molecule has 0 aromatic heterocycles. The molecule has 3 atom stereocenters. The summed E-state index contributed by atoms with van der Waals surface area (Å²) in [5.74, 6) is 0.908.